The molecule has 0 unspecified atom stereocenters. The fourth-order valence-electron chi connectivity index (χ4n) is 2.85. The molecule has 7 nitrogen and oxygen atoms in total. The Labute approximate surface area is 157 Å². The normalized spacial score (nSPS) is 15.2. The molecular weight excluding hydrogens is 379 g/mol. The van der Waals surface area contributed by atoms with Gasteiger partial charge in [0.1, 0.15) is 10.7 Å². The van der Waals surface area contributed by atoms with E-state index in [2.05, 4.69) is 0 Å². The summed E-state index contributed by atoms with van der Waals surface area (Å²) in [5, 5.41) is 10.6. The molecule has 3 rings (SSSR count). The van der Waals surface area contributed by atoms with Crippen LogP contribution in [0.25, 0.3) is 6.08 Å². The van der Waals surface area contributed by atoms with Crippen molar-refractivity contribution in [3.63, 3.8) is 0 Å². The van der Waals surface area contributed by atoms with Crippen molar-refractivity contribution in [1.29, 1.82) is 0 Å². The number of nitrogens with zero attached hydrogens (tertiary/aromatic N) is 3. The van der Waals surface area contributed by atoms with Gasteiger partial charge < -0.3 is 14.2 Å². The molecule has 1 aromatic carbocycles. The summed E-state index contributed by atoms with van der Waals surface area (Å²) in [4.78, 5) is 25.5. The number of alkyl halides is 3. The fourth-order valence-corrected chi connectivity index (χ4v) is 2.85. The molecule has 0 aliphatic carbocycles. The number of anilines is 1. The van der Waals surface area contributed by atoms with Crippen molar-refractivity contribution >= 4 is 23.6 Å². The number of rotatable bonds is 4. The van der Waals surface area contributed by atoms with Crippen molar-refractivity contribution in [2.75, 3.05) is 31.1 Å². The van der Waals surface area contributed by atoms with Gasteiger partial charge in [0.25, 0.3) is 0 Å². The zero-order valence-corrected chi connectivity index (χ0v) is 14.6. The summed E-state index contributed by atoms with van der Waals surface area (Å²) >= 11 is 0. The molecule has 0 saturated carbocycles. The third-order valence-electron chi connectivity index (χ3n) is 4.31. The number of carbonyl (C=O) groups is 1. The van der Waals surface area contributed by atoms with Gasteiger partial charge in [-0.25, -0.2) is 0 Å². The number of carbonyl (C=O) groups excluding carboxylic acids is 1. The molecule has 0 atom stereocenters. The molecule has 0 bridgehead atoms. The third kappa shape index (κ3) is 4.51. The van der Waals surface area contributed by atoms with E-state index in [0.717, 1.165) is 12.1 Å². The lowest BCUT2D eigenvalue weighted by Gasteiger charge is -2.35. The lowest BCUT2D eigenvalue weighted by atomic mass is 10.1. The average molecular weight is 395 g/mol. The minimum absolute atomic E-state index is 0.183. The van der Waals surface area contributed by atoms with Gasteiger partial charge in [-0.15, -0.1) is 0 Å². The highest BCUT2D eigenvalue weighted by Crippen LogP contribution is 2.31. The standard InChI is InChI=1S/C18H16F3N3O4/c19-18(20,21)13-2-1-3-14(12-13)22-8-10-23(11-9-22)16(25)6-4-15-5-7-17(28-15)24(26)27/h1-7,12H,8-11H2. The summed E-state index contributed by atoms with van der Waals surface area (Å²) in [5.41, 5.74) is -0.251. The molecule has 0 N–H and O–H groups in total. The number of piperazine rings is 1. The van der Waals surface area contributed by atoms with Gasteiger partial charge in [-0.2, -0.15) is 13.2 Å². The van der Waals surface area contributed by atoms with Crippen molar-refractivity contribution in [3.8, 4) is 0 Å². The predicted molar refractivity (Wildman–Crippen MR) is 94.6 cm³/mol. The maximum atomic E-state index is 12.8. The van der Waals surface area contributed by atoms with E-state index in [4.69, 9.17) is 4.42 Å². The number of benzene rings is 1. The first kappa shape index (κ1) is 19.5. The summed E-state index contributed by atoms with van der Waals surface area (Å²) in [6.45, 7) is 1.48. The fraction of sp³-hybridized carbons (Fsp3) is 0.278. The summed E-state index contributed by atoms with van der Waals surface area (Å²) in [6, 6.07) is 7.66. The smallest absolute Gasteiger partial charge is 0.401 e. The van der Waals surface area contributed by atoms with Crippen LogP contribution in [0.4, 0.5) is 24.7 Å². The van der Waals surface area contributed by atoms with E-state index >= 15 is 0 Å². The van der Waals surface area contributed by atoms with Gasteiger partial charge in [0, 0.05) is 37.9 Å². The van der Waals surface area contributed by atoms with E-state index in [1.54, 1.807) is 15.9 Å². The van der Waals surface area contributed by atoms with Crippen LogP contribution in [0.2, 0.25) is 0 Å². The zero-order chi connectivity index (χ0) is 20.3. The molecule has 1 aliphatic rings. The van der Waals surface area contributed by atoms with Crippen molar-refractivity contribution in [3.05, 3.63) is 63.9 Å². The van der Waals surface area contributed by atoms with Crippen LogP contribution >= 0.6 is 0 Å². The highest BCUT2D eigenvalue weighted by Gasteiger charge is 2.31. The van der Waals surface area contributed by atoms with Crippen LogP contribution in [0.5, 0.6) is 0 Å². The number of amides is 1. The molecule has 1 aromatic heterocycles. The topological polar surface area (TPSA) is 79.8 Å². The lowest BCUT2D eigenvalue weighted by Crippen LogP contribution is -2.48. The summed E-state index contributed by atoms with van der Waals surface area (Å²) in [6.07, 6.45) is -1.81. The largest absolute Gasteiger partial charge is 0.433 e. The molecule has 2 aromatic rings. The maximum Gasteiger partial charge on any atom is 0.433 e. The van der Waals surface area contributed by atoms with Gasteiger partial charge in [0.15, 0.2) is 0 Å². The number of furan rings is 1. The minimum atomic E-state index is -4.40. The number of hydrogen-bond donors (Lipinski definition) is 0. The molecule has 1 fully saturated rings. The van der Waals surface area contributed by atoms with E-state index in [1.165, 1.54) is 30.4 Å². The summed E-state index contributed by atoms with van der Waals surface area (Å²) in [5.74, 6) is -0.535. The second-order valence-electron chi connectivity index (χ2n) is 6.13. The Morgan fingerprint density at radius 2 is 1.86 bits per heavy atom. The van der Waals surface area contributed by atoms with E-state index in [-0.39, 0.29) is 11.7 Å². The van der Waals surface area contributed by atoms with Crippen LogP contribution in [0.15, 0.2) is 46.9 Å². The van der Waals surface area contributed by atoms with Crippen LogP contribution in [0, 0.1) is 10.1 Å². The quantitative estimate of drug-likeness (QED) is 0.449. The lowest BCUT2D eigenvalue weighted by molar-refractivity contribution is -0.402. The Bertz CT molecular complexity index is 899. The van der Waals surface area contributed by atoms with Gasteiger partial charge in [-0.05, 0) is 30.3 Å². The monoisotopic (exact) mass is 395 g/mol. The van der Waals surface area contributed by atoms with Gasteiger partial charge in [0.2, 0.25) is 5.91 Å². The number of hydrogen-bond acceptors (Lipinski definition) is 5. The van der Waals surface area contributed by atoms with Crippen molar-refractivity contribution in [2.45, 2.75) is 6.18 Å². The summed E-state index contributed by atoms with van der Waals surface area (Å²) < 4.78 is 43.5. The van der Waals surface area contributed by atoms with Crippen LogP contribution < -0.4 is 4.90 Å². The Kier molecular flexibility index (Phi) is 5.39. The third-order valence-corrected chi connectivity index (χ3v) is 4.31. The Morgan fingerprint density at radius 1 is 1.14 bits per heavy atom. The maximum absolute atomic E-state index is 12.8. The predicted octanol–water partition coefficient (Wildman–Crippen LogP) is 3.57. The number of halogens is 3. The van der Waals surface area contributed by atoms with E-state index < -0.39 is 22.5 Å². The van der Waals surface area contributed by atoms with E-state index in [0.29, 0.717) is 31.9 Å². The highest BCUT2D eigenvalue weighted by molar-refractivity contribution is 5.91. The van der Waals surface area contributed by atoms with E-state index in [9.17, 15) is 28.1 Å². The van der Waals surface area contributed by atoms with Crippen LogP contribution in [0.1, 0.15) is 11.3 Å². The molecule has 28 heavy (non-hydrogen) atoms. The minimum Gasteiger partial charge on any atom is -0.401 e. The van der Waals surface area contributed by atoms with Crippen LogP contribution in [-0.2, 0) is 11.0 Å². The van der Waals surface area contributed by atoms with Gasteiger partial charge >= 0.3 is 12.1 Å². The molecule has 1 saturated heterocycles. The average Bonchev–Trinajstić information content (AvgIpc) is 3.15. The second kappa shape index (κ2) is 7.75. The molecule has 10 heteroatoms. The Balaban J connectivity index is 1.58. The summed E-state index contributed by atoms with van der Waals surface area (Å²) in [7, 11) is 0. The molecule has 2 heterocycles. The van der Waals surface area contributed by atoms with Gasteiger partial charge in [0.05, 0.1) is 11.6 Å². The van der Waals surface area contributed by atoms with Crippen LogP contribution in [0.3, 0.4) is 0 Å². The Morgan fingerprint density at radius 3 is 2.46 bits per heavy atom. The number of nitro groups is 1. The second-order valence-corrected chi connectivity index (χ2v) is 6.13. The first-order chi connectivity index (χ1) is 13.2. The molecule has 148 valence electrons. The Hall–Kier alpha value is -3.30. The SMILES string of the molecule is O=C(C=Cc1ccc([N+](=O)[O-])o1)N1CCN(c2cccc(C(F)(F)F)c2)CC1. The van der Waals surface area contributed by atoms with Gasteiger partial charge in [-0.1, -0.05) is 6.07 Å². The van der Waals surface area contributed by atoms with Crippen molar-refractivity contribution in [1.82, 2.24) is 4.90 Å². The molecule has 0 spiro atoms. The van der Waals surface area contributed by atoms with Crippen LogP contribution in [-0.4, -0.2) is 41.9 Å². The molecule has 0 radical (unpaired) electrons. The van der Waals surface area contributed by atoms with E-state index in [1.807, 2.05) is 0 Å². The molecular formula is C18H16F3N3O4. The van der Waals surface area contributed by atoms with Crippen molar-refractivity contribution in [2.24, 2.45) is 0 Å². The molecule has 1 amide bonds. The highest BCUT2D eigenvalue weighted by atomic mass is 19.4. The first-order valence-corrected chi connectivity index (χ1v) is 8.37. The van der Waals surface area contributed by atoms with Gasteiger partial charge in [-0.3, -0.25) is 14.9 Å². The van der Waals surface area contributed by atoms with Crippen molar-refractivity contribution < 1.29 is 27.3 Å². The zero-order valence-electron chi connectivity index (χ0n) is 14.6. The first-order valence-electron chi connectivity index (χ1n) is 8.37. The molecule has 1 aliphatic heterocycles.